The summed E-state index contributed by atoms with van der Waals surface area (Å²) in [5.41, 5.74) is 1.53. The van der Waals surface area contributed by atoms with Gasteiger partial charge in [0.05, 0.1) is 7.11 Å². The summed E-state index contributed by atoms with van der Waals surface area (Å²) in [6.07, 6.45) is 2.63. The lowest BCUT2D eigenvalue weighted by atomic mass is 10.3. The third-order valence-corrected chi connectivity index (χ3v) is 3.68. The van der Waals surface area contributed by atoms with Crippen LogP contribution in [0, 0.1) is 6.92 Å². The lowest BCUT2D eigenvalue weighted by Gasteiger charge is -2.03. The van der Waals surface area contributed by atoms with E-state index in [9.17, 15) is 4.79 Å². The number of esters is 1. The summed E-state index contributed by atoms with van der Waals surface area (Å²) in [4.78, 5) is 16.5. The number of carbonyl (C=O) groups is 1. The van der Waals surface area contributed by atoms with E-state index in [0.29, 0.717) is 5.69 Å². The molecule has 0 saturated carbocycles. The highest BCUT2D eigenvalue weighted by molar-refractivity contribution is 7.15. The maximum absolute atomic E-state index is 11.4. The number of hydrogen-bond acceptors (Lipinski definition) is 6. The standard InChI is InChI=1S/C12H16N4O2S/c1-8-10(11(17)18-3)15-12(19-8)13-6-4-9-5-7-14-16(9)2/h5,7H,4,6H2,1-3H3,(H,13,15). The van der Waals surface area contributed by atoms with Crippen LogP contribution in [0.2, 0.25) is 0 Å². The molecule has 0 radical (unpaired) electrons. The minimum Gasteiger partial charge on any atom is -0.464 e. The summed E-state index contributed by atoms with van der Waals surface area (Å²) in [5.74, 6) is -0.395. The topological polar surface area (TPSA) is 69.0 Å². The van der Waals surface area contributed by atoms with Crippen LogP contribution in [-0.4, -0.2) is 34.4 Å². The zero-order chi connectivity index (χ0) is 13.8. The van der Waals surface area contributed by atoms with Gasteiger partial charge in [-0.1, -0.05) is 0 Å². The van der Waals surface area contributed by atoms with Gasteiger partial charge in [-0.2, -0.15) is 5.10 Å². The van der Waals surface area contributed by atoms with Gasteiger partial charge < -0.3 is 10.1 Å². The fourth-order valence-electron chi connectivity index (χ4n) is 1.70. The Kier molecular flexibility index (Phi) is 4.16. The summed E-state index contributed by atoms with van der Waals surface area (Å²) >= 11 is 1.45. The van der Waals surface area contributed by atoms with Gasteiger partial charge in [-0.05, 0) is 13.0 Å². The Labute approximate surface area is 115 Å². The molecule has 0 saturated heterocycles. The molecule has 0 aliphatic rings. The van der Waals surface area contributed by atoms with Gasteiger partial charge in [0.1, 0.15) is 0 Å². The van der Waals surface area contributed by atoms with Crippen molar-refractivity contribution in [1.82, 2.24) is 14.8 Å². The average molecular weight is 280 g/mol. The molecule has 6 nitrogen and oxygen atoms in total. The highest BCUT2D eigenvalue weighted by Gasteiger charge is 2.15. The van der Waals surface area contributed by atoms with Gasteiger partial charge in [-0.15, -0.1) is 11.3 Å². The molecule has 2 aromatic heterocycles. The molecule has 0 amide bonds. The molecule has 0 spiro atoms. The van der Waals surface area contributed by atoms with E-state index in [2.05, 4.69) is 20.1 Å². The summed E-state index contributed by atoms with van der Waals surface area (Å²) in [6.45, 7) is 2.60. The minimum atomic E-state index is -0.395. The molecule has 7 heteroatoms. The van der Waals surface area contributed by atoms with Crippen LogP contribution in [0.4, 0.5) is 5.13 Å². The number of rotatable bonds is 5. The van der Waals surface area contributed by atoms with Crippen molar-refractivity contribution in [3.63, 3.8) is 0 Å². The molecular weight excluding hydrogens is 264 g/mol. The number of nitrogens with one attached hydrogen (secondary N) is 1. The Balaban J connectivity index is 1.93. The molecule has 19 heavy (non-hydrogen) atoms. The largest absolute Gasteiger partial charge is 0.464 e. The fraction of sp³-hybridized carbons (Fsp3) is 0.417. The van der Waals surface area contributed by atoms with E-state index in [-0.39, 0.29) is 0 Å². The molecule has 2 heterocycles. The quantitative estimate of drug-likeness (QED) is 0.843. The van der Waals surface area contributed by atoms with Gasteiger partial charge in [0.15, 0.2) is 10.8 Å². The normalized spacial score (nSPS) is 10.5. The number of aromatic nitrogens is 3. The molecular formula is C12H16N4O2S. The van der Waals surface area contributed by atoms with Crippen molar-refractivity contribution in [2.75, 3.05) is 19.0 Å². The molecule has 0 atom stereocenters. The highest BCUT2D eigenvalue weighted by atomic mass is 32.1. The van der Waals surface area contributed by atoms with Gasteiger partial charge in [0.2, 0.25) is 0 Å². The fourth-order valence-corrected chi connectivity index (χ4v) is 2.53. The first-order valence-corrected chi connectivity index (χ1v) is 6.70. The van der Waals surface area contributed by atoms with Gasteiger partial charge in [-0.3, -0.25) is 4.68 Å². The molecule has 0 fully saturated rings. The smallest absolute Gasteiger partial charge is 0.357 e. The van der Waals surface area contributed by atoms with Crippen molar-refractivity contribution >= 4 is 22.4 Å². The van der Waals surface area contributed by atoms with Crippen LogP contribution >= 0.6 is 11.3 Å². The first kappa shape index (κ1) is 13.5. The van der Waals surface area contributed by atoms with Crippen LogP contribution in [0.1, 0.15) is 21.1 Å². The van der Waals surface area contributed by atoms with E-state index in [0.717, 1.165) is 28.7 Å². The summed E-state index contributed by atoms with van der Waals surface area (Å²) in [5, 5.41) is 8.05. The van der Waals surface area contributed by atoms with Gasteiger partial charge >= 0.3 is 5.97 Å². The number of aryl methyl sites for hydroxylation is 2. The van der Waals surface area contributed by atoms with Gasteiger partial charge in [0.25, 0.3) is 0 Å². The predicted octanol–water partition coefficient (Wildman–Crippen LogP) is 1.63. The molecule has 2 aromatic rings. The van der Waals surface area contributed by atoms with Crippen LogP contribution in [-0.2, 0) is 18.2 Å². The zero-order valence-corrected chi connectivity index (χ0v) is 12.0. The van der Waals surface area contributed by atoms with E-state index < -0.39 is 5.97 Å². The van der Waals surface area contributed by atoms with E-state index in [1.807, 2.05) is 24.7 Å². The van der Waals surface area contributed by atoms with Crippen molar-refractivity contribution in [2.24, 2.45) is 7.05 Å². The number of methoxy groups -OCH3 is 1. The Morgan fingerprint density at radius 1 is 1.58 bits per heavy atom. The number of ether oxygens (including phenoxy) is 1. The number of thiazole rings is 1. The maximum Gasteiger partial charge on any atom is 0.357 e. The second kappa shape index (κ2) is 5.83. The van der Waals surface area contributed by atoms with Crippen molar-refractivity contribution < 1.29 is 9.53 Å². The van der Waals surface area contributed by atoms with E-state index in [4.69, 9.17) is 0 Å². The molecule has 1 N–H and O–H groups in total. The maximum atomic E-state index is 11.4. The Morgan fingerprint density at radius 3 is 3.00 bits per heavy atom. The van der Waals surface area contributed by atoms with Crippen LogP contribution in [0.3, 0.4) is 0 Å². The lowest BCUT2D eigenvalue weighted by molar-refractivity contribution is 0.0594. The molecule has 0 aromatic carbocycles. The van der Waals surface area contributed by atoms with Crippen molar-refractivity contribution in [3.8, 4) is 0 Å². The monoisotopic (exact) mass is 280 g/mol. The first-order chi connectivity index (χ1) is 9.11. The van der Waals surface area contributed by atoms with Crippen molar-refractivity contribution in [1.29, 1.82) is 0 Å². The zero-order valence-electron chi connectivity index (χ0n) is 11.1. The first-order valence-electron chi connectivity index (χ1n) is 5.88. The van der Waals surface area contributed by atoms with E-state index in [1.54, 1.807) is 6.20 Å². The number of anilines is 1. The molecule has 2 rings (SSSR count). The number of nitrogens with zero attached hydrogens (tertiary/aromatic N) is 3. The minimum absolute atomic E-state index is 0.385. The Hall–Kier alpha value is -1.89. The molecule has 0 aliphatic heterocycles. The molecule has 0 bridgehead atoms. The Morgan fingerprint density at radius 2 is 2.37 bits per heavy atom. The summed E-state index contributed by atoms with van der Waals surface area (Å²) in [7, 11) is 3.27. The molecule has 0 unspecified atom stereocenters. The molecule has 102 valence electrons. The summed E-state index contributed by atoms with van der Waals surface area (Å²) < 4.78 is 6.52. The van der Waals surface area contributed by atoms with Crippen molar-refractivity contribution in [2.45, 2.75) is 13.3 Å². The highest BCUT2D eigenvalue weighted by Crippen LogP contribution is 2.22. The van der Waals surface area contributed by atoms with Crippen LogP contribution in [0.15, 0.2) is 12.3 Å². The van der Waals surface area contributed by atoms with E-state index in [1.165, 1.54) is 18.4 Å². The lowest BCUT2D eigenvalue weighted by Crippen LogP contribution is -2.09. The van der Waals surface area contributed by atoms with Gasteiger partial charge in [-0.25, -0.2) is 9.78 Å². The second-order valence-corrected chi connectivity index (χ2v) is 5.24. The number of carbonyl (C=O) groups excluding carboxylic acids is 1. The third kappa shape index (κ3) is 3.11. The van der Waals surface area contributed by atoms with E-state index >= 15 is 0 Å². The van der Waals surface area contributed by atoms with Gasteiger partial charge in [0, 0.05) is 36.8 Å². The van der Waals surface area contributed by atoms with Crippen LogP contribution < -0.4 is 5.32 Å². The summed E-state index contributed by atoms with van der Waals surface area (Å²) in [6, 6.07) is 1.98. The molecule has 0 aliphatic carbocycles. The van der Waals surface area contributed by atoms with Crippen LogP contribution in [0.5, 0.6) is 0 Å². The predicted molar refractivity (Wildman–Crippen MR) is 73.6 cm³/mol. The number of hydrogen-bond donors (Lipinski definition) is 1. The Bertz CT molecular complexity index is 576. The third-order valence-electron chi connectivity index (χ3n) is 2.76. The SMILES string of the molecule is COC(=O)c1nc(NCCc2ccnn2C)sc1C. The van der Waals surface area contributed by atoms with Crippen LogP contribution in [0.25, 0.3) is 0 Å². The average Bonchev–Trinajstić information content (AvgIpc) is 2.96. The van der Waals surface area contributed by atoms with Crippen molar-refractivity contribution in [3.05, 3.63) is 28.5 Å². The second-order valence-electron chi connectivity index (χ2n) is 4.04.